The summed E-state index contributed by atoms with van der Waals surface area (Å²) in [6, 6.07) is 2.61. The zero-order valence-corrected chi connectivity index (χ0v) is 16.5. The van der Waals surface area contributed by atoms with Gasteiger partial charge in [0.2, 0.25) is 5.91 Å². The van der Waals surface area contributed by atoms with Crippen molar-refractivity contribution in [3.63, 3.8) is 0 Å². The number of ether oxygens (including phenoxy) is 1. The Labute approximate surface area is 161 Å². The van der Waals surface area contributed by atoms with Crippen molar-refractivity contribution in [2.75, 3.05) is 33.4 Å². The van der Waals surface area contributed by atoms with E-state index in [2.05, 4.69) is 16.0 Å². The van der Waals surface area contributed by atoms with Crippen LogP contribution >= 0.6 is 12.4 Å². The zero-order chi connectivity index (χ0) is 18.3. The Hall–Kier alpha value is -1.57. The van der Waals surface area contributed by atoms with Gasteiger partial charge in [-0.25, -0.2) is 0 Å². The van der Waals surface area contributed by atoms with Crippen molar-refractivity contribution in [3.05, 3.63) is 24.2 Å². The summed E-state index contributed by atoms with van der Waals surface area (Å²) in [4.78, 5) is 24.8. The van der Waals surface area contributed by atoms with Gasteiger partial charge in [-0.05, 0) is 44.0 Å². The molecule has 1 fully saturated rings. The Morgan fingerprint density at radius 1 is 1.35 bits per heavy atom. The Morgan fingerprint density at radius 2 is 2.04 bits per heavy atom. The highest BCUT2D eigenvalue weighted by atomic mass is 35.5. The van der Waals surface area contributed by atoms with E-state index in [1.165, 1.54) is 6.26 Å². The molecule has 1 aromatic heterocycles. The molecule has 0 radical (unpaired) electrons. The molecule has 1 saturated heterocycles. The van der Waals surface area contributed by atoms with Gasteiger partial charge >= 0.3 is 0 Å². The molecule has 3 N–H and O–H groups in total. The maximum Gasteiger partial charge on any atom is 0.287 e. The summed E-state index contributed by atoms with van der Waals surface area (Å²) in [6.45, 7) is 6.80. The summed E-state index contributed by atoms with van der Waals surface area (Å²) in [6.07, 6.45) is 3.34. The van der Waals surface area contributed by atoms with Gasteiger partial charge in [0.05, 0.1) is 12.9 Å². The van der Waals surface area contributed by atoms with Crippen LogP contribution in [-0.4, -0.2) is 51.2 Å². The van der Waals surface area contributed by atoms with Crippen molar-refractivity contribution >= 4 is 24.2 Å². The van der Waals surface area contributed by atoms with Crippen molar-refractivity contribution in [1.82, 2.24) is 16.0 Å². The number of methoxy groups -OCH3 is 1. The molecule has 1 unspecified atom stereocenters. The first-order valence-corrected chi connectivity index (χ1v) is 8.79. The fourth-order valence-corrected chi connectivity index (χ4v) is 3.18. The summed E-state index contributed by atoms with van der Waals surface area (Å²) in [5.74, 6) is -0.394. The number of furan rings is 1. The monoisotopic (exact) mass is 387 g/mol. The van der Waals surface area contributed by atoms with Crippen LogP contribution in [-0.2, 0) is 9.53 Å². The number of rotatable bonds is 8. The molecule has 7 nitrogen and oxygen atoms in total. The van der Waals surface area contributed by atoms with E-state index in [-0.39, 0.29) is 41.3 Å². The van der Waals surface area contributed by atoms with Crippen molar-refractivity contribution in [2.45, 2.75) is 32.7 Å². The molecule has 1 aliphatic rings. The average Bonchev–Trinajstić information content (AvgIpc) is 3.13. The molecule has 26 heavy (non-hydrogen) atoms. The summed E-state index contributed by atoms with van der Waals surface area (Å²) < 4.78 is 10.5. The third-order valence-electron chi connectivity index (χ3n) is 4.73. The lowest BCUT2D eigenvalue weighted by atomic mass is 9.79. The van der Waals surface area contributed by atoms with Crippen LogP contribution in [0.4, 0.5) is 0 Å². The lowest BCUT2D eigenvalue weighted by Crippen LogP contribution is -2.53. The Balaban J connectivity index is 0.00000338. The number of halogens is 1. The zero-order valence-electron chi connectivity index (χ0n) is 15.7. The molecule has 0 spiro atoms. The third kappa shape index (κ3) is 6.00. The molecule has 1 aliphatic heterocycles. The SMILES string of the molecule is COCC1(CNC(=O)C(NC(=O)c2ccco2)C(C)C)CCNCC1.Cl. The molecular weight excluding hydrogens is 358 g/mol. The first kappa shape index (κ1) is 22.5. The quantitative estimate of drug-likeness (QED) is 0.630. The summed E-state index contributed by atoms with van der Waals surface area (Å²) in [5.41, 5.74) is -0.0534. The molecular formula is C18H30ClN3O4. The summed E-state index contributed by atoms with van der Waals surface area (Å²) >= 11 is 0. The second-order valence-corrected chi connectivity index (χ2v) is 7.07. The van der Waals surface area contributed by atoms with Gasteiger partial charge in [0.1, 0.15) is 6.04 Å². The molecule has 148 valence electrons. The molecule has 0 bridgehead atoms. The third-order valence-corrected chi connectivity index (χ3v) is 4.73. The van der Waals surface area contributed by atoms with E-state index in [4.69, 9.17) is 9.15 Å². The van der Waals surface area contributed by atoms with Crippen LogP contribution in [0.3, 0.4) is 0 Å². The molecule has 2 heterocycles. The normalized spacial score (nSPS) is 17.2. The second-order valence-electron chi connectivity index (χ2n) is 7.07. The van der Waals surface area contributed by atoms with Gasteiger partial charge < -0.3 is 25.1 Å². The van der Waals surface area contributed by atoms with Crippen molar-refractivity contribution in [2.24, 2.45) is 11.3 Å². The van der Waals surface area contributed by atoms with Crippen molar-refractivity contribution in [3.8, 4) is 0 Å². The Morgan fingerprint density at radius 3 is 2.58 bits per heavy atom. The Bertz CT molecular complexity index is 551. The van der Waals surface area contributed by atoms with Gasteiger partial charge in [0.25, 0.3) is 5.91 Å². The van der Waals surface area contributed by atoms with E-state index in [0.29, 0.717) is 13.2 Å². The van der Waals surface area contributed by atoms with Gasteiger partial charge in [0, 0.05) is 19.1 Å². The van der Waals surface area contributed by atoms with E-state index in [0.717, 1.165) is 25.9 Å². The van der Waals surface area contributed by atoms with E-state index in [1.54, 1.807) is 19.2 Å². The van der Waals surface area contributed by atoms with Gasteiger partial charge in [-0.3, -0.25) is 9.59 Å². The molecule has 2 rings (SSSR count). The lowest BCUT2D eigenvalue weighted by molar-refractivity contribution is -0.124. The van der Waals surface area contributed by atoms with Gasteiger partial charge in [-0.1, -0.05) is 13.8 Å². The highest BCUT2D eigenvalue weighted by molar-refractivity contribution is 5.95. The average molecular weight is 388 g/mol. The molecule has 1 aromatic rings. The summed E-state index contributed by atoms with van der Waals surface area (Å²) in [7, 11) is 1.69. The second kappa shape index (κ2) is 10.5. The van der Waals surface area contributed by atoms with E-state index in [1.807, 2.05) is 13.8 Å². The molecule has 2 amide bonds. The number of piperidine rings is 1. The number of nitrogens with one attached hydrogen (secondary N) is 3. The van der Waals surface area contributed by atoms with Gasteiger partial charge in [-0.2, -0.15) is 0 Å². The van der Waals surface area contributed by atoms with Crippen LogP contribution in [0.2, 0.25) is 0 Å². The van der Waals surface area contributed by atoms with Gasteiger partial charge in [-0.15, -0.1) is 12.4 Å². The Kier molecular flexibility index (Phi) is 9.12. The first-order chi connectivity index (χ1) is 12.0. The van der Waals surface area contributed by atoms with Crippen LogP contribution in [0.1, 0.15) is 37.2 Å². The van der Waals surface area contributed by atoms with Crippen LogP contribution in [0.25, 0.3) is 0 Å². The number of hydrogen-bond acceptors (Lipinski definition) is 5. The minimum absolute atomic E-state index is 0. The van der Waals surface area contributed by atoms with Gasteiger partial charge in [0.15, 0.2) is 5.76 Å². The van der Waals surface area contributed by atoms with Crippen molar-refractivity contribution < 1.29 is 18.7 Å². The first-order valence-electron chi connectivity index (χ1n) is 8.79. The largest absolute Gasteiger partial charge is 0.459 e. The standard InChI is InChI=1S/C18H29N3O4.ClH/c1-13(2)15(21-16(22)14-5-4-10-25-14)17(23)20-11-18(12-24-3)6-8-19-9-7-18;/h4-5,10,13,15,19H,6-9,11-12H2,1-3H3,(H,20,23)(H,21,22);1H. The minimum atomic E-state index is -0.612. The minimum Gasteiger partial charge on any atom is -0.459 e. The van der Waals surface area contributed by atoms with Crippen molar-refractivity contribution in [1.29, 1.82) is 0 Å². The van der Waals surface area contributed by atoms with Crippen LogP contribution in [0.15, 0.2) is 22.8 Å². The fourth-order valence-electron chi connectivity index (χ4n) is 3.18. The summed E-state index contributed by atoms with van der Waals surface area (Å²) in [5, 5.41) is 9.11. The number of hydrogen-bond donors (Lipinski definition) is 3. The maximum absolute atomic E-state index is 12.7. The predicted molar refractivity (Wildman–Crippen MR) is 101 cm³/mol. The van der Waals surface area contributed by atoms with Crippen LogP contribution in [0, 0.1) is 11.3 Å². The predicted octanol–water partition coefficient (Wildman–Crippen LogP) is 1.59. The topological polar surface area (TPSA) is 92.6 Å². The highest BCUT2D eigenvalue weighted by Gasteiger charge is 2.34. The number of amides is 2. The molecule has 0 saturated carbocycles. The van der Waals surface area contributed by atoms with E-state index < -0.39 is 6.04 Å². The molecule has 1 atom stereocenters. The molecule has 0 aromatic carbocycles. The lowest BCUT2D eigenvalue weighted by Gasteiger charge is -2.37. The smallest absolute Gasteiger partial charge is 0.287 e. The number of carbonyl (C=O) groups is 2. The highest BCUT2D eigenvalue weighted by Crippen LogP contribution is 2.28. The molecule has 0 aliphatic carbocycles. The maximum atomic E-state index is 12.7. The fraction of sp³-hybridized carbons (Fsp3) is 0.667. The van der Waals surface area contributed by atoms with E-state index in [9.17, 15) is 9.59 Å². The van der Waals surface area contributed by atoms with E-state index >= 15 is 0 Å². The van der Waals surface area contributed by atoms with Crippen LogP contribution in [0.5, 0.6) is 0 Å². The number of carbonyl (C=O) groups excluding carboxylic acids is 2. The van der Waals surface area contributed by atoms with Crippen LogP contribution < -0.4 is 16.0 Å². The molecule has 8 heteroatoms.